The summed E-state index contributed by atoms with van der Waals surface area (Å²) in [5.74, 6) is 0.107. The lowest BCUT2D eigenvalue weighted by atomic mass is 9.97. The minimum absolute atomic E-state index is 0.0729. The molecule has 2 aliphatic rings. The van der Waals surface area contributed by atoms with Gasteiger partial charge in [0.15, 0.2) is 0 Å². The lowest BCUT2D eigenvalue weighted by molar-refractivity contribution is -0.135. The zero-order chi connectivity index (χ0) is 19.0. The van der Waals surface area contributed by atoms with Crippen LogP contribution in [0.15, 0.2) is 40.0 Å². The van der Waals surface area contributed by atoms with Crippen LogP contribution in [0.25, 0.3) is 10.9 Å². The van der Waals surface area contributed by atoms with Crippen molar-refractivity contribution in [2.24, 2.45) is 5.92 Å². The predicted octanol–water partition coefficient (Wildman–Crippen LogP) is 1.55. The zero-order valence-corrected chi connectivity index (χ0v) is 15.9. The highest BCUT2D eigenvalue weighted by Gasteiger charge is 2.34. The van der Waals surface area contributed by atoms with Crippen LogP contribution in [0.1, 0.15) is 25.7 Å². The molecule has 1 N–H and O–H groups in total. The molecule has 0 spiro atoms. The van der Waals surface area contributed by atoms with Crippen molar-refractivity contribution in [3.8, 4) is 0 Å². The van der Waals surface area contributed by atoms with E-state index in [1.54, 1.807) is 18.2 Å². The summed E-state index contributed by atoms with van der Waals surface area (Å²) in [6.07, 6.45) is 3.25. The van der Waals surface area contributed by atoms with Gasteiger partial charge in [0, 0.05) is 43.7 Å². The van der Waals surface area contributed by atoms with Crippen molar-refractivity contribution in [2.75, 3.05) is 26.2 Å². The van der Waals surface area contributed by atoms with Crippen LogP contribution in [0.3, 0.4) is 0 Å². The third kappa shape index (κ3) is 3.51. The average Bonchev–Trinajstić information content (AvgIpc) is 3.22. The van der Waals surface area contributed by atoms with Crippen LogP contribution in [0.5, 0.6) is 0 Å². The van der Waals surface area contributed by atoms with Crippen LogP contribution in [0.4, 0.5) is 0 Å². The van der Waals surface area contributed by atoms with Gasteiger partial charge in [0.1, 0.15) is 0 Å². The number of H-pyrrole nitrogens is 1. The van der Waals surface area contributed by atoms with Crippen LogP contribution in [0, 0.1) is 5.92 Å². The van der Waals surface area contributed by atoms with Gasteiger partial charge in [-0.2, -0.15) is 4.31 Å². The average molecular weight is 389 g/mol. The number of nitrogens with one attached hydrogen (secondary N) is 1. The molecule has 3 heterocycles. The Hall–Kier alpha value is -2.19. The topological polar surface area (TPSA) is 90.5 Å². The molecule has 2 fully saturated rings. The number of fused-ring (bicyclic) bond motifs is 1. The first-order chi connectivity index (χ1) is 12.9. The minimum Gasteiger partial charge on any atom is -0.342 e. The number of sulfonamides is 1. The fraction of sp³-hybridized carbons (Fsp3) is 0.474. The number of rotatable bonds is 3. The molecule has 0 atom stereocenters. The van der Waals surface area contributed by atoms with Gasteiger partial charge in [-0.25, -0.2) is 8.42 Å². The summed E-state index contributed by atoms with van der Waals surface area (Å²) in [5.41, 5.74) is 0.388. The van der Waals surface area contributed by atoms with E-state index in [9.17, 15) is 18.0 Å². The maximum atomic E-state index is 13.0. The van der Waals surface area contributed by atoms with Crippen molar-refractivity contribution in [1.29, 1.82) is 0 Å². The van der Waals surface area contributed by atoms with E-state index in [1.807, 2.05) is 4.90 Å². The van der Waals surface area contributed by atoms with Gasteiger partial charge in [-0.1, -0.05) is 0 Å². The molecule has 27 heavy (non-hydrogen) atoms. The van der Waals surface area contributed by atoms with Gasteiger partial charge in [0.2, 0.25) is 21.5 Å². The molecule has 2 saturated heterocycles. The molecule has 2 aliphatic heterocycles. The van der Waals surface area contributed by atoms with Gasteiger partial charge >= 0.3 is 0 Å². The normalized spacial score (nSPS) is 19.6. The van der Waals surface area contributed by atoms with Crippen LogP contribution in [-0.4, -0.2) is 54.7 Å². The molecular weight excluding hydrogens is 366 g/mol. The number of likely N-dealkylation sites (tertiary alicyclic amines) is 1. The smallest absolute Gasteiger partial charge is 0.248 e. The van der Waals surface area contributed by atoms with E-state index in [4.69, 9.17) is 0 Å². The zero-order valence-electron chi connectivity index (χ0n) is 15.1. The highest BCUT2D eigenvalue weighted by Crippen LogP contribution is 2.27. The van der Waals surface area contributed by atoms with Crippen molar-refractivity contribution < 1.29 is 13.2 Å². The Morgan fingerprint density at radius 1 is 1.00 bits per heavy atom. The molecule has 0 unspecified atom stereocenters. The molecule has 0 saturated carbocycles. The number of piperidine rings is 1. The van der Waals surface area contributed by atoms with Crippen molar-refractivity contribution in [3.63, 3.8) is 0 Å². The monoisotopic (exact) mass is 389 g/mol. The highest BCUT2D eigenvalue weighted by atomic mass is 32.2. The van der Waals surface area contributed by atoms with E-state index >= 15 is 0 Å². The van der Waals surface area contributed by atoms with Gasteiger partial charge in [-0.15, -0.1) is 0 Å². The number of pyridine rings is 1. The molecule has 0 radical (unpaired) electrons. The molecule has 144 valence electrons. The molecule has 1 aromatic carbocycles. The maximum absolute atomic E-state index is 13.0. The second kappa shape index (κ2) is 7.09. The number of aromatic nitrogens is 1. The standard InChI is InChI=1S/C19H23N3O4S/c23-18-6-3-15-13-16(4-5-17(15)20-18)27(25,26)22-11-7-14(8-12-22)19(24)21-9-1-2-10-21/h3-6,13-14H,1-2,7-12H2,(H,20,23). The van der Waals surface area contributed by atoms with Gasteiger partial charge in [-0.3, -0.25) is 9.59 Å². The molecule has 7 nitrogen and oxygen atoms in total. The molecule has 4 rings (SSSR count). The lowest BCUT2D eigenvalue weighted by Gasteiger charge is -2.32. The first-order valence-electron chi connectivity index (χ1n) is 9.37. The first kappa shape index (κ1) is 18.2. The summed E-state index contributed by atoms with van der Waals surface area (Å²) in [5, 5.41) is 0.676. The number of carbonyl (C=O) groups is 1. The molecule has 0 bridgehead atoms. The Morgan fingerprint density at radius 2 is 1.70 bits per heavy atom. The van der Waals surface area contributed by atoms with Crippen molar-refractivity contribution >= 4 is 26.8 Å². The van der Waals surface area contributed by atoms with E-state index in [-0.39, 0.29) is 22.3 Å². The van der Waals surface area contributed by atoms with Gasteiger partial charge in [0.05, 0.1) is 4.90 Å². The number of carbonyl (C=O) groups excluding carboxylic acids is 1. The van der Waals surface area contributed by atoms with Crippen LogP contribution in [0.2, 0.25) is 0 Å². The number of aromatic amines is 1. The van der Waals surface area contributed by atoms with Crippen molar-refractivity contribution in [1.82, 2.24) is 14.2 Å². The second-order valence-electron chi connectivity index (χ2n) is 7.28. The summed E-state index contributed by atoms with van der Waals surface area (Å²) in [6, 6.07) is 7.73. The van der Waals surface area contributed by atoms with Gasteiger partial charge in [-0.05, 0) is 55.3 Å². The second-order valence-corrected chi connectivity index (χ2v) is 9.22. The molecule has 0 aliphatic carbocycles. The van der Waals surface area contributed by atoms with E-state index < -0.39 is 10.0 Å². The van der Waals surface area contributed by atoms with E-state index in [0.29, 0.717) is 36.8 Å². The number of hydrogen-bond donors (Lipinski definition) is 1. The minimum atomic E-state index is -3.62. The summed E-state index contributed by atoms with van der Waals surface area (Å²) in [7, 11) is -3.62. The fourth-order valence-corrected chi connectivity index (χ4v) is 5.49. The molecular formula is C19H23N3O4S. The summed E-state index contributed by atoms with van der Waals surface area (Å²) >= 11 is 0. The van der Waals surface area contributed by atoms with Crippen molar-refractivity contribution in [3.05, 3.63) is 40.7 Å². The Kier molecular flexibility index (Phi) is 4.77. The summed E-state index contributed by atoms with van der Waals surface area (Å²) < 4.78 is 27.4. The third-order valence-corrected chi connectivity index (χ3v) is 7.45. The maximum Gasteiger partial charge on any atom is 0.248 e. The number of benzene rings is 1. The first-order valence-corrected chi connectivity index (χ1v) is 10.8. The largest absolute Gasteiger partial charge is 0.342 e. The number of nitrogens with zero attached hydrogens (tertiary/aromatic N) is 2. The Bertz CT molecular complexity index is 1020. The van der Waals surface area contributed by atoms with E-state index in [2.05, 4.69) is 4.98 Å². The summed E-state index contributed by atoms with van der Waals surface area (Å²) in [4.78, 5) is 28.7. The fourth-order valence-electron chi connectivity index (χ4n) is 3.98. The quantitative estimate of drug-likeness (QED) is 0.862. The molecule has 1 aromatic heterocycles. The van der Waals surface area contributed by atoms with Crippen molar-refractivity contribution in [2.45, 2.75) is 30.6 Å². The molecule has 8 heteroatoms. The Morgan fingerprint density at radius 3 is 2.41 bits per heavy atom. The predicted molar refractivity (Wildman–Crippen MR) is 102 cm³/mol. The van der Waals surface area contributed by atoms with Gasteiger partial charge < -0.3 is 9.88 Å². The summed E-state index contributed by atoms with van der Waals surface area (Å²) in [6.45, 7) is 2.37. The molecule has 2 aromatic rings. The van der Waals surface area contributed by atoms with Crippen LogP contribution < -0.4 is 5.56 Å². The van der Waals surface area contributed by atoms with Gasteiger partial charge in [0.25, 0.3) is 0 Å². The SMILES string of the molecule is O=C(C1CCN(S(=O)(=O)c2ccc3[nH]c(=O)ccc3c2)CC1)N1CCCC1. The van der Waals surface area contributed by atoms with Crippen LogP contribution in [-0.2, 0) is 14.8 Å². The number of hydrogen-bond acceptors (Lipinski definition) is 4. The van der Waals surface area contributed by atoms with E-state index in [1.165, 1.54) is 16.4 Å². The van der Waals surface area contributed by atoms with Crippen LogP contribution >= 0.6 is 0 Å². The molecule has 1 amide bonds. The lowest BCUT2D eigenvalue weighted by Crippen LogP contribution is -2.43. The Labute approximate surface area is 158 Å². The number of amides is 1. The highest BCUT2D eigenvalue weighted by molar-refractivity contribution is 7.89. The van der Waals surface area contributed by atoms with E-state index in [0.717, 1.165) is 25.9 Å². The Balaban J connectivity index is 1.49. The third-order valence-electron chi connectivity index (χ3n) is 5.55.